The van der Waals surface area contributed by atoms with Gasteiger partial charge in [0, 0.05) is 11.1 Å². The van der Waals surface area contributed by atoms with Crippen LogP contribution in [0, 0.1) is 0 Å². The molecule has 0 aliphatic rings. The van der Waals surface area contributed by atoms with Crippen molar-refractivity contribution < 1.29 is 53.9 Å². The van der Waals surface area contributed by atoms with Crippen LogP contribution in [-0.4, -0.2) is 11.8 Å². The monoisotopic (exact) mass is 960 g/mol. The molecule has 304 valence electrons. The van der Waals surface area contributed by atoms with Crippen molar-refractivity contribution in [3.63, 3.8) is 0 Å². The molecule has 2 unspecified atom stereocenters. The molecule has 9 heteroatoms. The van der Waals surface area contributed by atoms with Crippen molar-refractivity contribution in [1.29, 1.82) is 0 Å². The van der Waals surface area contributed by atoms with Crippen LogP contribution in [0.25, 0.3) is 0 Å². The van der Waals surface area contributed by atoms with E-state index in [-0.39, 0.29) is 56.1 Å². The van der Waals surface area contributed by atoms with Crippen LogP contribution in [0.5, 0.6) is 0 Å². The van der Waals surface area contributed by atoms with Crippen LogP contribution >= 0.6 is 15.8 Å². The molecule has 0 radical (unpaired) electrons. The number of benzene rings is 8. The number of halogens is 2. The molecule has 2 N–H and O–H groups in total. The van der Waals surface area contributed by atoms with Crippen LogP contribution in [0.15, 0.2) is 231 Å². The Bertz CT molecular complexity index is 2320. The fourth-order valence-electron chi connectivity index (χ4n) is 7.36. The topological polar surface area (TPSA) is 58.2 Å². The zero-order valence-electron chi connectivity index (χ0n) is 32.9. The SMILES string of the molecule is O=C(NC(c1ccccc1)C(NC(=O)c1ccccc1P(c1ccccc1)c1ccccc1)c1ccccc1)c1ccccc1P(c1ccccc1)c1ccccc1.[Cl-].[Cl-].[Ru+2]. The summed E-state index contributed by atoms with van der Waals surface area (Å²) in [6.07, 6.45) is 0. The summed E-state index contributed by atoms with van der Waals surface area (Å²) in [5.41, 5.74) is 2.95. The fraction of sp³-hybridized carbons (Fsp3) is 0.0385. The molecule has 8 aromatic rings. The minimum atomic E-state index is -1.06. The van der Waals surface area contributed by atoms with Crippen molar-refractivity contribution in [2.24, 2.45) is 0 Å². The predicted molar refractivity (Wildman–Crippen MR) is 244 cm³/mol. The number of rotatable bonds is 13. The second-order valence-corrected chi connectivity index (χ2v) is 18.1. The Morgan fingerprint density at radius 3 is 0.836 bits per heavy atom. The Labute approximate surface area is 386 Å². The number of hydrogen-bond donors (Lipinski definition) is 2. The van der Waals surface area contributed by atoms with Gasteiger partial charge in [-0.25, -0.2) is 0 Å². The van der Waals surface area contributed by atoms with Gasteiger partial charge in [-0.15, -0.1) is 0 Å². The second-order valence-electron chi connectivity index (χ2n) is 13.8. The molecule has 0 saturated heterocycles. The van der Waals surface area contributed by atoms with Crippen LogP contribution in [-0.2, 0) is 19.5 Å². The van der Waals surface area contributed by atoms with E-state index in [9.17, 15) is 9.59 Å². The zero-order chi connectivity index (χ0) is 39.5. The molecule has 8 rings (SSSR count). The summed E-state index contributed by atoms with van der Waals surface area (Å²) in [5, 5.41) is 13.5. The average Bonchev–Trinajstić information content (AvgIpc) is 3.30. The summed E-state index contributed by atoms with van der Waals surface area (Å²) in [4.78, 5) is 29.9. The maximum atomic E-state index is 15.0. The second kappa shape index (κ2) is 23.1. The van der Waals surface area contributed by atoms with E-state index in [0.717, 1.165) is 43.0 Å². The average molecular weight is 961 g/mol. The van der Waals surface area contributed by atoms with Crippen molar-refractivity contribution in [3.8, 4) is 0 Å². The number of carbonyl (C=O) groups excluding carboxylic acids is 2. The van der Waals surface area contributed by atoms with Gasteiger partial charge >= 0.3 is 19.5 Å². The minimum Gasteiger partial charge on any atom is -1.00 e. The molecule has 0 aliphatic heterocycles. The molecule has 2 amide bonds. The van der Waals surface area contributed by atoms with E-state index < -0.39 is 27.9 Å². The summed E-state index contributed by atoms with van der Waals surface area (Å²) >= 11 is 0. The zero-order valence-corrected chi connectivity index (χ0v) is 38.0. The van der Waals surface area contributed by atoms with Crippen molar-refractivity contribution in [1.82, 2.24) is 10.6 Å². The van der Waals surface area contributed by atoms with E-state index in [2.05, 4.69) is 120 Å². The standard InChI is InChI=1S/C52H42N2O2P2.2ClH.Ru/c55-51(45-35-19-21-37-47(45)57(41-27-11-3-12-28-41)42-29-13-4-14-30-42)53-49(39-23-7-1-8-24-39)50(40-25-9-2-10-26-40)54-52(56)46-36-20-22-38-48(46)58(43-31-15-5-16-32-43)44-33-17-6-18-34-44;;;/h1-38,49-50H,(H,53,55)(H,54,56);2*1H;/q;;;+2/p-2. The smallest absolute Gasteiger partial charge is 1.00 e. The number of hydrogen-bond acceptors (Lipinski definition) is 2. The van der Waals surface area contributed by atoms with Gasteiger partial charge in [0.05, 0.1) is 12.1 Å². The molecular weight excluding hydrogens is 919 g/mol. The van der Waals surface area contributed by atoms with Crippen LogP contribution in [0.1, 0.15) is 43.9 Å². The van der Waals surface area contributed by atoms with Gasteiger partial charge in [0.1, 0.15) is 0 Å². The van der Waals surface area contributed by atoms with E-state index in [1.165, 1.54) is 0 Å². The summed E-state index contributed by atoms with van der Waals surface area (Å²) in [7, 11) is -2.12. The van der Waals surface area contributed by atoms with Crippen LogP contribution in [0.2, 0.25) is 0 Å². The van der Waals surface area contributed by atoms with Gasteiger partial charge in [-0.2, -0.15) is 0 Å². The van der Waals surface area contributed by atoms with E-state index in [1.54, 1.807) is 0 Å². The van der Waals surface area contributed by atoms with E-state index in [1.807, 2.05) is 121 Å². The van der Waals surface area contributed by atoms with Gasteiger partial charge in [0.25, 0.3) is 11.8 Å². The Kier molecular flexibility index (Phi) is 17.7. The van der Waals surface area contributed by atoms with Gasteiger partial charge in [-0.05, 0) is 70.9 Å². The Balaban J connectivity index is 0.00000235. The molecule has 0 spiro atoms. The van der Waals surface area contributed by atoms with Gasteiger partial charge in [-0.3, -0.25) is 9.59 Å². The van der Waals surface area contributed by atoms with Gasteiger partial charge < -0.3 is 35.4 Å². The van der Waals surface area contributed by atoms with Crippen LogP contribution in [0.3, 0.4) is 0 Å². The van der Waals surface area contributed by atoms with Crippen LogP contribution < -0.4 is 67.3 Å². The quantitative estimate of drug-likeness (QED) is 0.138. The van der Waals surface area contributed by atoms with Crippen molar-refractivity contribution >= 4 is 59.5 Å². The first kappa shape index (κ1) is 46.8. The number of carbonyl (C=O) groups is 2. The Morgan fingerprint density at radius 2 is 0.557 bits per heavy atom. The maximum absolute atomic E-state index is 15.0. The Hall–Kier alpha value is -5.24. The Morgan fingerprint density at radius 1 is 0.328 bits per heavy atom. The first-order valence-corrected chi connectivity index (χ1v) is 22.0. The van der Waals surface area contributed by atoms with Crippen molar-refractivity contribution in [3.05, 3.63) is 253 Å². The van der Waals surface area contributed by atoms with Crippen molar-refractivity contribution in [2.45, 2.75) is 12.1 Å². The minimum absolute atomic E-state index is 0. The third kappa shape index (κ3) is 11.2. The summed E-state index contributed by atoms with van der Waals surface area (Å²) < 4.78 is 0. The molecule has 0 heterocycles. The first-order valence-electron chi connectivity index (χ1n) is 19.4. The third-order valence-corrected chi connectivity index (χ3v) is 15.1. The fourth-order valence-corrected chi connectivity index (χ4v) is 12.3. The summed E-state index contributed by atoms with van der Waals surface area (Å²) in [6.45, 7) is 0. The van der Waals surface area contributed by atoms with E-state index in [0.29, 0.717) is 11.1 Å². The van der Waals surface area contributed by atoms with Gasteiger partial charge in [-0.1, -0.05) is 218 Å². The molecule has 0 aromatic heterocycles. The summed E-state index contributed by atoms with van der Waals surface area (Å²) in [6, 6.07) is 76.1. The first-order chi connectivity index (χ1) is 28.7. The molecule has 0 bridgehead atoms. The molecule has 0 fully saturated rings. The third-order valence-electron chi connectivity index (χ3n) is 10.1. The molecule has 8 aromatic carbocycles. The van der Waals surface area contributed by atoms with Crippen molar-refractivity contribution in [2.75, 3.05) is 0 Å². The number of nitrogens with one attached hydrogen (secondary N) is 2. The van der Waals surface area contributed by atoms with E-state index in [4.69, 9.17) is 0 Å². The molecule has 2 atom stereocenters. The van der Waals surface area contributed by atoms with Gasteiger partial charge in [0.15, 0.2) is 0 Å². The van der Waals surface area contributed by atoms with Gasteiger partial charge in [0.2, 0.25) is 0 Å². The van der Waals surface area contributed by atoms with Crippen LogP contribution in [0.4, 0.5) is 0 Å². The normalized spacial score (nSPS) is 11.5. The maximum Gasteiger partial charge on any atom is 2.00 e. The molecular formula is C52H42Cl2N2O2P2Ru. The number of amides is 2. The molecule has 0 saturated carbocycles. The van der Waals surface area contributed by atoms with E-state index >= 15 is 0 Å². The summed E-state index contributed by atoms with van der Waals surface area (Å²) in [5.74, 6) is -0.424. The molecule has 61 heavy (non-hydrogen) atoms. The molecule has 0 aliphatic carbocycles. The molecule has 4 nitrogen and oxygen atoms in total. The largest absolute Gasteiger partial charge is 2.00 e. The predicted octanol–water partition coefficient (Wildman–Crippen LogP) is 2.85.